The monoisotopic (exact) mass is 534 g/mol. The lowest BCUT2D eigenvalue weighted by Crippen LogP contribution is -2.16. The van der Waals surface area contributed by atoms with E-state index >= 15 is 0 Å². The van der Waals surface area contributed by atoms with Gasteiger partial charge in [-0.3, -0.25) is 0 Å². The van der Waals surface area contributed by atoms with Gasteiger partial charge in [-0.15, -0.1) is 0 Å². The molecule has 0 spiro atoms. The van der Waals surface area contributed by atoms with Crippen molar-refractivity contribution in [2.75, 3.05) is 0 Å². The van der Waals surface area contributed by atoms with Crippen molar-refractivity contribution in [3.8, 4) is 11.4 Å². The van der Waals surface area contributed by atoms with Crippen LogP contribution in [0, 0.1) is 0 Å². The number of halogens is 6. The van der Waals surface area contributed by atoms with E-state index in [0.29, 0.717) is 5.56 Å². The number of nitrogens with zero attached hydrogens (tertiary/aromatic N) is 4. The lowest BCUT2D eigenvalue weighted by atomic mass is 10.1. The van der Waals surface area contributed by atoms with Crippen LogP contribution >= 0.6 is 69.6 Å². The van der Waals surface area contributed by atoms with Crippen LogP contribution in [0.25, 0.3) is 33.2 Å². The Morgan fingerprint density at radius 1 is 0.774 bits per heavy atom. The first-order chi connectivity index (χ1) is 14.6. The zero-order valence-corrected chi connectivity index (χ0v) is 20.8. The summed E-state index contributed by atoms with van der Waals surface area (Å²) in [7, 11) is 0. The molecule has 0 aliphatic carbocycles. The molecule has 31 heavy (non-hydrogen) atoms. The molecule has 0 atom stereocenters. The van der Waals surface area contributed by atoms with Crippen LogP contribution in [0.4, 0.5) is 0 Å². The van der Waals surface area contributed by atoms with Crippen molar-refractivity contribution in [3.05, 3.63) is 54.1 Å². The van der Waals surface area contributed by atoms with Crippen molar-refractivity contribution < 1.29 is 0 Å². The third-order valence-electron chi connectivity index (χ3n) is 4.91. The highest BCUT2D eigenvalue weighted by Gasteiger charge is 2.34. The fourth-order valence-electron chi connectivity index (χ4n) is 3.51. The molecule has 0 N–H and O–H groups in total. The van der Waals surface area contributed by atoms with E-state index in [-0.39, 0.29) is 17.5 Å². The minimum atomic E-state index is -1.90. The summed E-state index contributed by atoms with van der Waals surface area (Å²) in [6, 6.07) is 14.2. The fourth-order valence-corrected chi connectivity index (χ4v) is 4.02. The summed E-state index contributed by atoms with van der Waals surface area (Å²) in [5.74, 6) is 0.0218. The molecule has 4 rings (SSSR count). The van der Waals surface area contributed by atoms with E-state index in [0.717, 1.165) is 35.7 Å². The van der Waals surface area contributed by atoms with Crippen molar-refractivity contribution in [1.82, 2.24) is 19.5 Å². The highest BCUT2D eigenvalue weighted by molar-refractivity contribution is 6.67. The number of benzene rings is 2. The molecule has 2 heterocycles. The molecule has 0 bridgehead atoms. The van der Waals surface area contributed by atoms with Gasteiger partial charge in [0.15, 0.2) is 17.5 Å². The van der Waals surface area contributed by atoms with Crippen molar-refractivity contribution in [2.45, 2.75) is 33.9 Å². The molecule has 0 saturated heterocycles. The van der Waals surface area contributed by atoms with E-state index < -0.39 is 7.59 Å². The molecule has 4 aromatic rings. The Labute approximate surface area is 209 Å². The second kappa shape index (κ2) is 8.74. The zero-order valence-electron chi connectivity index (χ0n) is 16.2. The summed E-state index contributed by atoms with van der Waals surface area (Å²) in [5, 5.41) is 2.20. The van der Waals surface area contributed by atoms with Gasteiger partial charge in [-0.2, -0.15) is 0 Å². The Hall–Kier alpha value is -1.01. The van der Waals surface area contributed by atoms with Gasteiger partial charge >= 0.3 is 0 Å². The van der Waals surface area contributed by atoms with Crippen LogP contribution in [0.15, 0.2) is 42.5 Å². The molecule has 0 radical (unpaired) electrons. The first-order valence-corrected chi connectivity index (χ1v) is 11.8. The molecule has 0 aliphatic rings. The Morgan fingerprint density at radius 3 is 2.00 bits per heavy atom. The molecule has 162 valence electrons. The van der Waals surface area contributed by atoms with Crippen LogP contribution in [0.5, 0.6) is 0 Å². The van der Waals surface area contributed by atoms with E-state index in [1.165, 1.54) is 5.52 Å². The topological polar surface area (TPSA) is 43.6 Å². The molecule has 10 heteroatoms. The van der Waals surface area contributed by atoms with Gasteiger partial charge in [0, 0.05) is 33.9 Å². The second-order valence-electron chi connectivity index (χ2n) is 7.06. The number of aryl methyl sites for hydroxylation is 1. The van der Waals surface area contributed by atoms with E-state index in [2.05, 4.69) is 38.6 Å². The smallest absolute Gasteiger partial charge is 0.250 e. The van der Waals surface area contributed by atoms with Crippen LogP contribution in [-0.2, 0) is 14.1 Å². The molecule has 2 aromatic heterocycles. The molecule has 0 unspecified atom stereocenters. The van der Waals surface area contributed by atoms with Crippen LogP contribution in [0.2, 0.25) is 0 Å². The van der Waals surface area contributed by atoms with Gasteiger partial charge < -0.3 is 4.57 Å². The Kier molecular flexibility index (Phi) is 6.53. The van der Waals surface area contributed by atoms with Crippen molar-refractivity contribution in [1.29, 1.82) is 0 Å². The molecule has 0 fully saturated rings. The molecule has 0 aliphatic heterocycles. The first-order valence-electron chi connectivity index (χ1n) is 9.51. The second-order valence-corrected chi connectivity index (χ2v) is 11.6. The van der Waals surface area contributed by atoms with Crippen LogP contribution < -0.4 is 0 Å². The molecule has 0 amide bonds. The number of para-hydroxylation sites is 1. The largest absolute Gasteiger partial charge is 0.340 e. The molecular formula is C21H16Cl6N4. The van der Waals surface area contributed by atoms with E-state index in [9.17, 15) is 0 Å². The summed E-state index contributed by atoms with van der Waals surface area (Å²) < 4.78 is -1.48. The summed E-state index contributed by atoms with van der Waals surface area (Å²) >= 11 is 36.1. The van der Waals surface area contributed by atoms with E-state index in [1.54, 1.807) is 0 Å². The van der Waals surface area contributed by atoms with E-state index in [1.807, 2.05) is 30.3 Å². The van der Waals surface area contributed by atoms with Crippen molar-refractivity contribution in [2.24, 2.45) is 0 Å². The maximum absolute atomic E-state index is 6.01. The average molecular weight is 537 g/mol. The average Bonchev–Trinajstić information content (AvgIpc) is 3.03. The maximum Gasteiger partial charge on any atom is 0.250 e. The minimum Gasteiger partial charge on any atom is -0.340 e. The summed E-state index contributed by atoms with van der Waals surface area (Å²) in [6.45, 7) is 3.11. The third-order valence-corrected chi connectivity index (χ3v) is 5.92. The lowest BCUT2D eigenvalue weighted by Gasteiger charge is -2.15. The quantitative estimate of drug-likeness (QED) is 0.247. The van der Waals surface area contributed by atoms with Crippen LogP contribution in [0.3, 0.4) is 0 Å². The maximum atomic E-state index is 6.01. The predicted molar refractivity (Wildman–Crippen MR) is 132 cm³/mol. The lowest BCUT2D eigenvalue weighted by molar-refractivity contribution is 0.665. The Balaban J connectivity index is 1.94. The van der Waals surface area contributed by atoms with Crippen LogP contribution in [-0.4, -0.2) is 19.5 Å². The number of hydrogen-bond acceptors (Lipinski definition) is 3. The van der Waals surface area contributed by atoms with Gasteiger partial charge in [-0.05, 0) is 30.7 Å². The standard InChI is InChI=1S/C21H16Cl6N4/c1-2-3-10-31-15-7-5-4-6-13(15)14-11-12(8-9-16(14)31)17-28-18(20(22,23)24)30-19(29-17)21(25,26)27/h4-9,11H,2-3,10H2,1H3. The SMILES string of the molecule is CCCCn1c2ccccc2c2cc(-c3nc(C(Cl)(Cl)Cl)nc(C(Cl)(Cl)Cl)n3)ccc21. The highest BCUT2D eigenvalue weighted by atomic mass is 35.6. The minimum absolute atomic E-state index is 0.116. The van der Waals surface area contributed by atoms with Crippen molar-refractivity contribution >= 4 is 91.4 Å². The first kappa shape index (κ1) is 23.2. The highest BCUT2D eigenvalue weighted by Crippen LogP contribution is 2.41. The number of alkyl halides is 6. The van der Waals surface area contributed by atoms with Gasteiger partial charge in [-0.1, -0.05) is 101 Å². The molecular weight excluding hydrogens is 521 g/mol. The van der Waals surface area contributed by atoms with Crippen molar-refractivity contribution in [3.63, 3.8) is 0 Å². The fraction of sp³-hybridized carbons (Fsp3) is 0.286. The van der Waals surface area contributed by atoms with Gasteiger partial charge in [-0.25, -0.2) is 15.0 Å². The Morgan fingerprint density at radius 2 is 1.39 bits per heavy atom. The zero-order chi connectivity index (χ0) is 22.4. The summed E-state index contributed by atoms with van der Waals surface area (Å²) in [5.41, 5.74) is 2.98. The van der Waals surface area contributed by atoms with Gasteiger partial charge in [0.1, 0.15) is 0 Å². The number of fused-ring (bicyclic) bond motifs is 3. The van der Waals surface area contributed by atoms with E-state index in [4.69, 9.17) is 69.6 Å². The Bertz CT molecular complexity index is 1220. The summed E-state index contributed by atoms with van der Waals surface area (Å²) in [4.78, 5) is 12.7. The number of unbranched alkanes of at least 4 members (excludes halogenated alkanes) is 1. The summed E-state index contributed by atoms with van der Waals surface area (Å²) in [6.07, 6.45) is 2.19. The number of rotatable bonds is 4. The van der Waals surface area contributed by atoms with Crippen LogP contribution in [0.1, 0.15) is 31.4 Å². The third kappa shape index (κ3) is 4.71. The van der Waals surface area contributed by atoms with Gasteiger partial charge in [0.25, 0.3) is 0 Å². The molecule has 2 aromatic carbocycles. The predicted octanol–water partition coefficient (Wildman–Crippen LogP) is 8.10. The van der Waals surface area contributed by atoms with Gasteiger partial charge in [0.2, 0.25) is 7.59 Å². The number of hydrogen-bond donors (Lipinski definition) is 0. The molecule has 4 nitrogen and oxygen atoms in total. The normalized spacial score (nSPS) is 12.7. The molecule has 0 saturated carbocycles. The van der Waals surface area contributed by atoms with Gasteiger partial charge in [0.05, 0.1) is 0 Å². The number of aromatic nitrogens is 4.